The fraction of sp³-hybridized carbons (Fsp3) is 0.464. The van der Waals surface area contributed by atoms with Gasteiger partial charge in [-0.25, -0.2) is 4.98 Å². The van der Waals surface area contributed by atoms with Gasteiger partial charge in [-0.2, -0.15) is 0 Å². The van der Waals surface area contributed by atoms with E-state index in [1.807, 2.05) is 44.4 Å². The standard InChI is InChI=1S/C21H20N2O4S2.C5H12.C2H6/c1-3-4-18-22-15(12(2)27-18)7-9-26-16-6-5-13(19-14(16)8-10-28-19)11-17-20(24)23-21(25)29-17;1-4-5(2)3;1-2/h3,5-6,8,10,17H,1,4,7,9,11H2,2H3,(H,23,24,25);5H,4H2,1-3H3;1-2H3. The zero-order chi connectivity index (χ0) is 26.7. The minimum atomic E-state index is -0.375. The number of imide groups is 1. The maximum absolute atomic E-state index is 11.9. The van der Waals surface area contributed by atoms with Crippen LogP contribution in [0.5, 0.6) is 5.75 Å². The van der Waals surface area contributed by atoms with E-state index in [4.69, 9.17) is 9.15 Å². The number of hydrogen-bond acceptors (Lipinski definition) is 7. The van der Waals surface area contributed by atoms with Crippen LogP contribution in [-0.4, -0.2) is 28.0 Å². The predicted octanol–water partition coefficient (Wildman–Crippen LogP) is 7.52. The van der Waals surface area contributed by atoms with Gasteiger partial charge in [0.2, 0.25) is 5.91 Å². The molecule has 1 fully saturated rings. The molecule has 1 aliphatic heterocycles. The maximum Gasteiger partial charge on any atom is 0.286 e. The molecule has 0 saturated carbocycles. The van der Waals surface area contributed by atoms with E-state index in [1.54, 1.807) is 17.4 Å². The van der Waals surface area contributed by atoms with Crippen molar-refractivity contribution in [3.8, 4) is 5.75 Å². The quantitative estimate of drug-likeness (QED) is 0.288. The van der Waals surface area contributed by atoms with Crippen LogP contribution in [0.15, 0.2) is 40.7 Å². The van der Waals surface area contributed by atoms with Crippen molar-refractivity contribution < 1.29 is 18.7 Å². The summed E-state index contributed by atoms with van der Waals surface area (Å²) in [4.78, 5) is 27.8. The highest BCUT2D eigenvalue weighted by Gasteiger charge is 2.32. The van der Waals surface area contributed by atoms with Crippen molar-refractivity contribution in [3.63, 3.8) is 0 Å². The predicted molar refractivity (Wildman–Crippen MR) is 151 cm³/mol. The lowest BCUT2D eigenvalue weighted by molar-refractivity contribution is -0.118. The summed E-state index contributed by atoms with van der Waals surface area (Å²) >= 11 is 2.67. The molecule has 1 aromatic carbocycles. The molecule has 3 heterocycles. The number of rotatable bonds is 9. The summed E-state index contributed by atoms with van der Waals surface area (Å²) in [6, 6.07) is 5.94. The van der Waals surface area contributed by atoms with Crippen molar-refractivity contribution in [3.05, 3.63) is 59.1 Å². The van der Waals surface area contributed by atoms with E-state index in [2.05, 4.69) is 37.7 Å². The van der Waals surface area contributed by atoms with Crippen LogP contribution < -0.4 is 10.1 Å². The van der Waals surface area contributed by atoms with Crippen LogP contribution in [0.25, 0.3) is 10.1 Å². The van der Waals surface area contributed by atoms with Gasteiger partial charge >= 0.3 is 0 Å². The Morgan fingerprint density at radius 2 is 1.97 bits per heavy atom. The number of fused-ring (bicyclic) bond motifs is 1. The summed E-state index contributed by atoms with van der Waals surface area (Å²) in [5, 5.41) is 4.72. The monoisotopic (exact) mass is 530 g/mol. The lowest BCUT2D eigenvalue weighted by atomic mass is 10.1. The first kappa shape index (κ1) is 29.6. The summed E-state index contributed by atoms with van der Waals surface area (Å²) in [5.74, 6) is 2.95. The number of carbonyl (C=O) groups excluding carboxylic acids is 2. The lowest BCUT2D eigenvalue weighted by Gasteiger charge is -2.11. The number of aromatic nitrogens is 1. The molecule has 1 saturated heterocycles. The van der Waals surface area contributed by atoms with E-state index in [1.165, 1.54) is 6.42 Å². The summed E-state index contributed by atoms with van der Waals surface area (Å²) in [6.07, 6.45) is 4.86. The van der Waals surface area contributed by atoms with Gasteiger partial charge in [0.1, 0.15) is 11.5 Å². The number of benzene rings is 1. The third-order valence-corrected chi connectivity index (χ3v) is 7.47. The van der Waals surface area contributed by atoms with Crippen molar-refractivity contribution >= 4 is 44.3 Å². The Balaban J connectivity index is 0.000000583. The highest BCUT2D eigenvalue weighted by molar-refractivity contribution is 8.15. The van der Waals surface area contributed by atoms with Crippen LogP contribution in [0, 0.1) is 12.8 Å². The Labute approximate surface area is 222 Å². The first-order valence-electron chi connectivity index (χ1n) is 12.5. The number of amides is 2. The molecule has 0 aliphatic carbocycles. The first-order valence-corrected chi connectivity index (χ1v) is 14.3. The molecular weight excluding hydrogens is 492 g/mol. The van der Waals surface area contributed by atoms with Crippen molar-refractivity contribution in [2.24, 2.45) is 5.92 Å². The molecule has 1 N–H and O–H groups in total. The van der Waals surface area contributed by atoms with Gasteiger partial charge in [-0.15, -0.1) is 17.9 Å². The van der Waals surface area contributed by atoms with E-state index in [0.717, 1.165) is 50.5 Å². The largest absolute Gasteiger partial charge is 0.493 e. The summed E-state index contributed by atoms with van der Waals surface area (Å²) < 4.78 is 12.7. The number of oxazole rings is 1. The van der Waals surface area contributed by atoms with Crippen LogP contribution in [-0.2, 0) is 24.1 Å². The number of nitrogens with one attached hydrogen (secondary N) is 1. The van der Waals surface area contributed by atoms with Gasteiger partial charge in [0.15, 0.2) is 5.89 Å². The highest BCUT2D eigenvalue weighted by Crippen LogP contribution is 2.35. The molecule has 0 spiro atoms. The van der Waals surface area contributed by atoms with Crippen LogP contribution in [0.4, 0.5) is 4.79 Å². The smallest absolute Gasteiger partial charge is 0.286 e. The minimum absolute atomic E-state index is 0.219. The second kappa shape index (κ2) is 14.9. The van der Waals surface area contributed by atoms with Gasteiger partial charge < -0.3 is 9.15 Å². The van der Waals surface area contributed by atoms with Crippen LogP contribution >= 0.6 is 23.1 Å². The summed E-state index contributed by atoms with van der Waals surface area (Å²) in [5.41, 5.74) is 1.94. The van der Waals surface area contributed by atoms with Gasteiger partial charge in [0, 0.05) is 22.9 Å². The molecule has 4 rings (SSSR count). The Morgan fingerprint density at radius 3 is 2.58 bits per heavy atom. The maximum atomic E-state index is 11.9. The molecule has 1 atom stereocenters. The van der Waals surface area contributed by atoms with Gasteiger partial charge in [0.25, 0.3) is 5.24 Å². The molecule has 36 heavy (non-hydrogen) atoms. The Morgan fingerprint density at radius 1 is 1.25 bits per heavy atom. The second-order valence-electron chi connectivity index (χ2n) is 8.48. The number of thioether (sulfide) groups is 1. The molecule has 3 aromatic rings. The zero-order valence-corrected chi connectivity index (χ0v) is 23.8. The number of carbonyl (C=O) groups is 2. The SMILES string of the molecule is C=CCc1nc(CCOc2ccc(CC3SC(=O)NC3=O)c3sccc23)c(C)o1.CC.CCC(C)C. The molecule has 1 unspecified atom stereocenters. The van der Waals surface area contributed by atoms with E-state index >= 15 is 0 Å². The molecule has 1 aliphatic rings. The molecule has 0 radical (unpaired) electrons. The molecule has 2 aromatic heterocycles. The molecular formula is C28H38N2O4S2. The fourth-order valence-corrected chi connectivity index (χ4v) is 5.08. The van der Waals surface area contributed by atoms with Crippen LogP contribution in [0.3, 0.4) is 0 Å². The van der Waals surface area contributed by atoms with Gasteiger partial charge in [-0.3, -0.25) is 14.9 Å². The summed E-state index contributed by atoms with van der Waals surface area (Å²) in [6.45, 7) is 16.7. The molecule has 2 amide bonds. The van der Waals surface area contributed by atoms with Crippen molar-refractivity contribution in [2.75, 3.05) is 6.61 Å². The van der Waals surface area contributed by atoms with Crippen molar-refractivity contribution in [1.82, 2.24) is 10.3 Å². The van der Waals surface area contributed by atoms with Crippen molar-refractivity contribution in [1.29, 1.82) is 0 Å². The zero-order valence-electron chi connectivity index (χ0n) is 22.2. The second-order valence-corrected chi connectivity index (χ2v) is 10.6. The average Bonchev–Trinajstić information content (AvgIpc) is 3.56. The van der Waals surface area contributed by atoms with Crippen molar-refractivity contribution in [2.45, 2.75) is 72.5 Å². The number of aryl methyl sites for hydroxylation is 1. The number of ether oxygens (including phenoxy) is 1. The number of thiophene rings is 1. The lowest BCUT2D eigenvalue weighted by Crippen LogP contribution is -2.25. The Kier molecular flexibility index (Phi) is 12.2. The van der Waals surface area contributed by atoms with Gasteiger partial charge in [-0.1, -0.05) is 64.9 Å². The van der Waals surface area contributed by atoms with Gasteiger partial charge in [-0.05, 0) is 42.3 Å². The van der Waals surface area contributed by atoms with Crippen LogP contribution in [0.1, 0.15) is 63.9 Å². The van der Waals surface area contributed by atoms with E-state index in [9.17, 15) is 9.59 Å². The minimum Gasteiger partial charge on any atom is -0.493 e. The molecule has 196 valence electrons. The number of nitrogens with zero attached hydrogens (tertiary/aromatic N) is 1. The topological polar surface area (TPSA) is 81.4 Å². The van der Waals surface area contributed by atoms with E-state index < -0.39 is 0 Å². The molecule has 8 heteroatoms. The number of allylic oxidation sites excluding steroid dienone is 1. The van der Waals surface area contributed by atoms with E-state index in [0.29, 0.717) is 31.8 Å². The molecule has 6 nitrogen and oxygen atoms in total. The third kappa shape index (κ3) is 8.23. The first-order chi connectivity index (χ1) is 17.3. The van der Waals surface area contributed by atoms with Crippen LogP contribution in [0.2, 0.25) is 0 Å². The molecule has 0 bridgehead atoms. The summed E-state index contributed by atoms with van der Waals surface area (Å²) in [7, 11) is 0. The fourth-order valence-electron chi connectivity index (χ4n) is 3.30. The van der Waals surface area contributed by atoms with Gasteiger partial charge in [0.05, 0.1) is 17.6 Å². The average molecular weight is 531 g/mol. The van der Waals surface area contributed by atoms with E-state index in [-0.39, 0.29) is 16.4 Å². The Bertz CT molecular complexity index is 1150. The normalized spacial score (nSPS) is 14.7. The number of hydrogen-bond donors (Lipinski definition) is 1. The highest BCUT2D eigenvalue weighted by atomic mass is 32.2. The Hall–Kier alpha value is -2.58. The third-order valence-electron chi connectivity index (χ3n) is 5.50.